The molecule has 0 radical (unpaired) electrons. The molecular weight excluding hydrogens is 184 g/mol. The van der Waals surface area contributed by atoms with Crippen LogP contribution in [0, 0.1) is 0 Å². The molecule has 0 amide bonds. The second-order valence-corrected chi connectivity index (χ2v) is 4.98. The van der Waals surface area contributed by atoms with Gasteiger partial charge in [0.2, 0.25) is 0 Å². The summed E-state index contributed by atoms with van der Waals surface area (Å²) in [7, 11) is 0. The minimum absolute atomic E-state index is 0.166. The molecule has 0 aromatic heterocycles. The first kappa shape index (κ1) is 9.93. The van der Waals surface area contributed by atoms with Crippen LogP contribution in [0.15, 0.2) is 0 Å². The van der Waals surface area contributed by atoms with Crippen molar-refractivity contribution in [2.24, 2.45) is 0 Å². The first-order valence-corrected chi connectivity index (χ1v) is 4.88. The van der Waals surface area contributed by atoms with Crippen LogP contribution in [0.5, 0.6) is 0 Å². The maximum atomic E-state index is 11.6. The van der Waals surface area contributed by atoms with E-state index in [0.717, 1.165) is 0 Å². The van der Waals surface area contributed by atoms with Crippen LogP contribution in [-0.4, -0.2) is 29.6 Å². The Bertz CT molecular complexity index is 269. The number of cyclic esters (lactones) is 1. The average molecular weight is 200 g/mol. The van der Waals surface area contributed by atoms with Crippen LogP contribution >= 0.6 is 0 Å². The fourth-order valence-corrected chi connectivity index (χ4v) is 2.04. The zero-order valence-corrected chi connectivity index (χ0v) is 8.99. The van der Waals surface area contributed by atoms with E-state index in [1.807, 2.05) is 27.7 Å². The molecule has 2 heterocycles. The summed E-state index contributed by atoms with van der Waals surface area (Å²) in [6.45, 7) is 7.39. The van der Waals surface area contributed by atoms with Crippen molar-refractivity contribution in [3.05, 3.63) is 0 Å². The van der Waals surface area contributed by atoms with Crippen LogP contribution in [-0.2, 0) is 19.0 Å². The van der Waals surface area contributed by atoms with Crippen LogP contribution < -0.4 is 0 Å². The predicted molar refractivity (Wildman–Crippen MR) is 48.6 cm³/mol. The molecule has 2 atom stereocenters. The molecule has 0 aromatic rings. The highest BCUT2D eigenvalue weighted by Crippen LogP contribution is 2.38. The summed E-state index contributed by atoms with van der Waals surface area (Å²) in [5.74, 6) is -0.980. The number of fused-ring (bicyclic) bond motifs is 1. The number of hydrogen-bond donors (Lipinski definition) is 0. The number of ether oxygens (including phenoxy) is 3. The lowest BCUT2D eigenvalue weighted by Crippen LogP contribution is -2.48. The van der Waals surface area contributed by atoms with Gasteiger partial charge in [-0.2, -0.15) is 0 Å². The van der Waals surface area contributed by atoms with Gasteiger partial charge in [-0.1, -0.05) is 0 Å². The summed E-state index contributed by atoms with van der Waals surface area (Å²) >= 11 is 0. The van der Waals surface area contributed by atoms with E-state index < -0.39 is 17.5 Å². The highest BCUT2D eigenvalue weighted by atomic mass is 16.8. The van der Waals surface area contributed by atoms with Crippen molar-refractivity contribution in [2.45, 2.75) is 57.7 Å². The summed E-state index contributed by atoms with van der Waals surface area (Å²) in [6, 6.07) is 0. The van der Waals surface area contributed by atoms with Gasteiger partial charge in [-0.15, -0.1) is 0 Å². The smallest absolute Gasteiger partial charge is 0.338 e. The third-order valence-electron chi connectivity index (χ3n) is 2.49. The van der Waals surface area contributed by atoms with Crippen LogP contribution in [0.25, 0.3) is 0 Å². The van der Waals surface area contributed by atoms with E-state index in [1.165, 1.54) is 0 Å². The molecule has 80 valence electrons. The molecule has 2 rings (SSSR count). The highest BCUT2D eigenvalue weighted by Gasteiger charge is 2.52. The number of rotatable bonds is 0. The van der Waals surface area contributed by atoms with Gasteiger partial charge < -0.3 is 14.2 Å². The number of esters is 1. The first-order valence-electron chi connectivity index (χ1n) is 4.88. The Kier molecular flexibility index (Phi) is 1.92. The zero-order chi connectivity index (χ0) is 10.6. The van der Waals surface area contributed by atoms with Gasteiger partial charge >= 0.3 is 5.97 Å². The Morgan fingerprint density at radius 2 is 1.86 bits per heavy atom. The second kappa shape index (κ2) is 2.70. The van der Waals surface area contributed by atoms with E-state index >= 15 is 0 Å². The molecule has 2 aliphatic heterocycles. The van der Waals surface area contributed by atoms with Gasteiger partial charge in [0.05, 0.1) is 0 Å². The average Bonchev–Trinajstić information content (AvgIpc) is 2.21. The molecule has 0 saturated carbocycles. The van der Waals surface area contributed by atoms with E-state index in [-0.39, 0.29) is 12.1 Å². The molecule has 0 aromatic carbocycles. The Morgan fingerprint density at radius 3 is 2.50 bits per heavy atom. The predicted octanol–water partition coefficient (Wildman–Crippen LogP) is 1.23. The van der Waals surface area contributed by atoms with Gasteiger partial charge in [-0.25, -0.2) is 4.79 Å². The zero-order valence-electron chi connectivity index (χ0n) is 8.99. The largest absolute Gasteiger partial charge is 0.458 e. The molecule has 4 heteroatoms. The SMILES string of the molecule is CC1(C)C[C@H]2OC(C)(C)O[C@H]2C(=O)O1. The Hall–Kier alpha value is -0.610. The standard InChI is InChI=1S/C10H16O4/c1-9(2)5-6-7(8(11)14-9)13-10(3,4)12-6/h6-7H,5H2,1-4H3/t6-,7-/m1/s1. The minimum atomic E-state index is -0.672. The number of carbonyl (C=O) groups is 1. The van der Waals surface area contributed by atoms with E-state index in [0.29, 0.717) is 6.42 Å². The normalized spacial score (nSPS) is 39.0. The van der Waals surface area contributed by atoms with Crippen LogP contribution in [0.4, 0.5) is 0 Å². The van der Waals surface area contributed by atoms with Crippen molar-refractivity contribution in [2.75, 3.05) is 0 Å². The van der Waals surface area contributed by atoms with Crippen molar-refractivity contribution in [1.29, 1.82) is 0 Å². The molecule has 2 saturated heterocycles. The third kappa shape index (κ3) is 1.64. The Morgan fingerprint density at radius 1 is 1.21 bits per heavy atom. The quantitative estimate of drug-likeness (QED) is 0.552. The fourth-order valence-electron chi connectivity index (χ4n) is 2.04. The van der Waals surface area contributed by atoms with Gasteiger partial charge in [0, 0.05) is 6.42 Å². The summed E-state index contributed by atoms with van der Waals surface area (Å²) in [4.78, 5) is 11.6. The Labute approximate surface area is 83.5 Å². The fraction of sp³-hybridized carbons (Fsp3) is 0.900. The second-order valence-electron chi connectivity index (χ2n) is 4.98. The Balaban J connectivity index is 2.19. The van der Waals surface area contributed by atoms with E-state index in [1.54, 1.807) is 0 Å². The molecule has 2 fully saturated rings. The molecule has 14 heavy (non-hydrogen) atoms. The number of hydrogen-bond acceptors (Lipinski definition) is 4. The molecule has 4 nitrogen and oxygen atoms in total. The summed E-state index contributed by atoms with van der Waals surface area (Å²) < 4.78 is 16.3. The number of carbonyl (C=O) groups excluding carboxylic acids is 1. The van der Waals surface area contributed by atoms with E-state index in [2.05, 4.69) is 0 Å². The summed E-state index contributed by atoms with van der Waals surface area (Å²) in [6.07, 6.45) is -0.0217. The lowest BCUT2D eigenvalue weighted by molar-refractivity contribution is -0.182. The van der Waals surface area contributed by atoms with Crippen molar-refractivity contribution >= 4 is 5.97 Å². The first-order chi connectivity index (χ1) is 6.29. The molecule has 0 N–H and O–H groups in total. The maximum absolute atomic E-state index is 11.6. The maximum Gasteiger partial charge on any atom is 0.338 e. The summed E-state index contributed by atoms with van der Waals surface area (Å²) in [5, 5.41) is 0. The van der Waals surface area contributed by atoms with Gasteiger partial charge in [0.15, 0.2) is 11.9 Å². The van der Waals surface area contributed by atoms with Crippen LogP contribution in [0.2, 0.25) is 0 Å². The van der Waals surface area contributed by atoms with Crippen molar-refractivity contribution < 1.29 is 19.0 Å². The van der Waals surface area contributed by atoms with Gasteiger partial charge in [0.25, 0.3) is 0 Å². The van der Waals surface area contributed by atoms with Crippen molar-refractivity contribution in [3.63, 3.8) is 0 Å². The van der Waals surface area contributed by atoms with Crippen molar-refractivity contribution in [3.8, 4) is 0 Å². The molecule has 0 bridgehead atoms. The van der Waals surface area contributed by atoms with E-state index in [9.17, 15) is 4.79 Å². The van der Waals surface area contributed by atoms with Gasteiger partial charge in [0.1, 0.15) is 11.7 Å². The van der Waals surface area contributed by atoms with Crippen LogP contribution in [0.3, 0.4) is 0 Å². The molecule has 0 unspecified atom stereocenters. The third-order valence-corrected chi connectivity index (χ3v) is 2.49. The molecule has 0 aliphatic carbocycles. The molecular formula is C10H16O4. The van der Waals surface area contributed by atoms with Gasteiger partial charge in [-0.3, -0.25) is 0 Å². The van der Waals surface area contributed by atoms with Gasteiger partial charge in [-0.05, 0) is 27.7 Å². The lowest BCUT2D eigenvalue weighted by atomic mass is 9.94. The highest BCUT2D eigenvalue weighted by molar-refractivity contribution is 5.77. The monoisotopic (exact) mass is 200 g/mol. The molecule has 0 spiro atoms. The minimum Gasteiger partial charge on any atom is -0.458 e. The van der Waals surface area contributed by atoms with Crippen molar-refractivity contribution in [1.82, 2.24) is 0 Å². The lowest BCUT2D eigenvalue weighted by Gasteiger charge is -2.34. The van der Waals surface area contributed by atoms with Crippen LogP contribution in [0.1, 0.15) is 34.1 Å². The molecule has 2 aliphatic rings. The topological polar surface area (TPSA) is 44.8 Å². The summed E-state index contributed by atoms with van der Waals surface area (Å²) in [5.41, 5.74) is -0.442. The van der Waals surface area contributed by atoms with E-state index in [4.69, 9.17) is 14.2 Å².